The summed E-state index contributed by atoms with van der Waals surface area (Å²) < 4.78 is 0. The second-order valence-corrected chi connectivity index (χ2v) is 19.4. The van der Waals surface area contributed by atoms with Gasteiger partial charge in [0.1, 0.15) is 0 Å². The number of hydrogen-bond acceptors (Lipinski definition) is 6. The molecule has 0 fully saturated rings. The van der Waals surface area contributed by atoms with E-state index < -0.39 is 11.9 Å². The van der Waals surface area contributed by atoms with Gasteiger partial charge in [-0.1, -0.05) is 285 Å². The standard InChI is InChI=1S/2C28H57NO2.Ca/c2*1-3-5-7-9-11-13-15-17-19-21-23-25-29(27-28(30)31)26-24-22-20-18-16-14-12-10-8-6-4-2;/h2*3-27H2,1-2H3,(H,30,31);/q;;+2/p-2. The molecule has 0 saturated heterocycles. The average Bonchev–Trinajstić information content (AvgIpc) is 3.25. The zero-order valence-electron chi connectivity index (χ0n) is 43.6. The van der Waals surface area contributed by atoms with Crippen LogP contribution in [-0.4, -0.2) is 98.7 Å². The van der Waals surface area contributed by atoms with Crippen LogP contribution < -0.4 is 10.2 Å². The molecule has 0 radical (unpaired) electrons. The van der Waals surface area contributed by atoms with E-state index in [-0.39, 0.29) is 50.8 Å². The van der Waals surface area contributed by atoms with Gasteiger partial charge in [-0.15, -0.1) is 0 Å². The van der Waals surface area contributed by atoms with Gasteiger partial charge in [-0.25, -0.2) is 0 Å². The summed E-state index contributed by atoms with van der Waals surface area (Å²) in [5, 5.41) is 22.1. The van der Waals surface area contributed by atoms with Crippen LogP contribution in [0.15, 0.2) is 0 Å². The summed E-state index contributed by atoms with van der Waals surface area (Å²) in [6.45, 7) is 13.0. The summed E-state index contributed by atoms with van der Waals surface area (Å²) in [6, 6.07) is 0. The van der Waals surface area contributed by atoms with Crippen LogP contribution in [-0.2, 0) is 9.59 Å². The second-order valence-electron chi connectivity index (χ2n) is 19.4. The molecule has 0 saturated carbocycles. The van der Waals surface area contributed by atoms with E-state index in [9.17, 15) is 19.8 Å². The number of carbonyl (C=O) groups is 2. The Bertz CT molecular complexity index is 741. The van der Waals surface area contributed by atoms with Crippen LogP contribution in [0.3, 0.4) is 0 Å². The van der Waals surface area contributed by atoms with Gasteiger partial charge in [0, 0.05) is 13.1 Å². The monoisotopic (exact) mass is 917 g/mol. The molecule has 0 heterocycles. The average molecular weight is 918 g/mol. The first kappa shape index (κ1) is 67.4. The first-order valence-electron chi connectivity index (χ1n) is 28.2. The van der Waals surface area contributed by atoms with Gasteiger partial charge in [-0.05, 0) is 51.9 Å². The van der Waals surface area contributed by atoms with Crippen LogP contribution >= 0.6 is 0 Å². The Labute approximate surface area is 425 Å². The van der Waals surface area contributed by atoms with E-state index >= 15 is 0 Å². The van der Waals surface area contributed by atoms with Gasteiger partial charge < -0.3 is 19.8 Å². The van der Waals surface area contributed by atoms with Crippen molar-refractivity contribution in [3.05, 3.63) is 0 Å². The number of carbonyl (C=O) groups excluding carboxylic acids is 2. The molecular formula is C56H112CaN2O4. The van der Waals surface area contributed by atoms with E-state index in [1.54, 1.807) is 0 Å². The fourth-order valence-corrected chi connectivity index (χ4v) is 8.90. The fraction of sp³-hybridized carbons (Fsp3) is 0.964. The van der Waals surface area contributed by atoms with Crippen molar-refractivity contribution in [1.29, 1.82) is 0 Å². The SMILES string of the molecule is CCCCCCCCCCCCCN(CCCCCCCCCCCCC)CC(=O)[O-].CCCCCCCCCCCCCN(CCCCCCCCCCCCC)CC(=O)[O-].[Ca+2]. The van der Waals surface area contributed by atoms with Crippen molar-refractivity contribution in [2.75, 3.05) is 39.3 Å². The molecule has 63 heavy (non-hydrogen) atoms. The fourth-order valence-electron chi connectivity index (χ4n) is 8.90. The first-order chi connectivity index (χ1) is 30.4. The van der Waals surface area contributed by atoms with Gasteiger partial charge in [-0.2, -0.15) is 0 Å². The van der Waals surface area contributed by atoms with Crippen LogP contribution in [0.25, 0.3) is 0 Å². The molecule has 0 aromatic rings. The molecule has 0 aromatic carbocycles. The van der Waals surface area contributed by atoms with Crippen molar-refractivity contribution < 1.29 is 19.8 Å². The number of aliphatic carboxylic acids is 2. The summed E-state index contributed by atoms with van der Waals surface area (Å²) in [4.78, 5) is 26.3. The number of hydrogen-bond donors (Lipinski definition) is 0. The Balaban J connectivity index is -0.00000112. The zero-order chi connectivity index (χ0) is 45.7. The molecule has 6 nitrogen and oxygen atoms in total. The Hall–Kier alpha value is 0.120. The second kappa shape index (κ2) is 60.1. The van der Waals surface area contributed by atoms with E-state index in [2.05, 4.69) is 37.5 Å². The van der Waals surface area contributed by atoms with Gasteiger partial charge in [-0.3, -0.25) is 9.80 Å². The maximum absolute atomic E-state index is 11.1. The third kappa shape index (κ3) is 62.1. The van der Waals surface area contributed by atoms with E-state index in [1.807, 2.05) is 0 Å². The molecule has 372 valence electrons. The minimum Gasteiger partial charge on any atom is -0.549 e. The number of unbranched alkanes of at least 4 members (excludes halogenated alkanes) is 40. The number of nitrogens with zero attached hydrogens (tertiary/aromatic N) is 2. The van der Waals surface area contributed by atoms with Crippen LogP contribution in [0.5, 0.6) is 0 Å². The largest absolute Gasteiger partial charge is 2.00 e. The number of carboxylic acids is 2. The van der Waals surface area contributed by atoms with E-state index in [0.717, 1.165) is 51.9 Å². The molecule has 7 heteroatoms. The minimum atomic E-state index is -0.925. The third-order valence-corrected chi connectivity index (χ3v) is 13.0. The van der Waals surface area contributed by atoms with Crippen molar-refractivity contribution >= 4 is 49.7 Å². The summed E-state index contributed by atoms with van der Waals surface area (Å²) >= 11 is 0. The van der Waals surface area contributed by atoms with Crippen LogP contribution in [0, 0.1) is 0 Å². The molecule has 0 bridgehead atoms. The summed E-state index contributed by atoms with van der Waals surface area (Å²) in [5.74, 6) is -1.85. The van der Waals surface area contributed by atoms with Gasteiger partial charge in [0.15, 0.2) is 0 Å². The molecule has 0 spiro atoms. The van der Waals surface area contributed by atoms with E-state index in [4.69, 9.17) is 0 Å². The molecule has 0 aliphatic rings. The summed E-state index contributed by atoms with van der Waals surface area (Å²) in [6.07, 6.45) is 58.8. The van der Waals surface area contributed by atoms with Gasteiger partial charge in [0.05, 0.1) is 11.9 Å². The first-order valence-corrected chi connectivity index (χ1v) is 28.2. The quantitative estimate of drug-likeness (QED) is 0.0446. The van der Waals surface area contributed by atoms with Crippen molar-refractivity contribution in [2.24, 2.45) is 0 Å². The molecule has 0 atom stereocenters. The maximum Gasteiger partial charge on any atom is 2.00 e. The van der Waals surface area contributed by atoms with Gasteiger partial charge in [0.2, 0.25) is 0 Å². The predicted octanol–water partition coefficient (Wildman–Crippen LogP) is 14.9. The van der Waals surface area contributed by atoms with Crippen molar-refractivity contribution in [1.82, 2.24) is 9.80 Å². The normalized spacial score (nSPS) is 11.3. The van der Waals surface area contributed by atoms with Crippen molar-refractivity contribution in [3.63, 3.8) is 0 Å². The maximum atomic E-state index is 11.1. The van der Waals surface area contributed by atoms with Crippen LogP contribution in [0.1, 0.15) is 310 Å². The predicted molar refractivity (Wildman–Crippen MR) is 274 cm³/mol. The molecule has 0 aliphatic carbocycles. The van der Waals surface area contributed by atoms with Crippen molar-refractivity contribution in [2.45, 2.75) is 310 Å². The van der Waals surface area contributed by atoms with Crippen LogP contribution in [0.4, 0.5) is 0 Å². The molecule has 0 N–H and O–H groups in total. The van der Waals surface area contributed by atoms with E-state index in [1.165, 1.54) is 257 Å². The van der Waals surface area contributed by atoms with Crippen molar-refractivity contribution in [3.8, 4) is 0 Å². The van der Waals surface area contributed by atoms with E-state index in [0.29, 0.717) is 0 Å². The Morgan fingerprint density at radius 2 is 0.381 bits per heavy atom. The summed E-state index contributed by atoms with van der Waals surface area (Å²) in [7, 11) is 0. The number of rotatable bonds is 52. The molecule has 0 amide bonds. The zero-order valence-corrected chi connectivity index (χ0v) is 45.8. The smallest absolute Gasteiger partial charge is 0.549 e. The van der Waals surface area contributed by atoms with Crippen LogP contribution in [0.2, 0.25) is 0 Å². The van der Waals surface area contributed by atoms with Gasteiger partial charge >= 0.3 is 37.7 Å². The molecule has 0 rings (SSSR count). The topological polar surface area (TPSA) is 86.7 Å². The van der Waals surface area contributed by atoms with Gasteiger partial charge in [0.25, 0.3) is 0 Å². The Morgan fingerprint density at radius 3 is 0.508 bits per heavy atom. The molecule has 0 aliphatic heterocycles. The Morgan fingerprint density at radius 1 is 0.254 bits per heavy atom. The number of carboxylic acid groups (broad SMARTS) is 2. The molecular weight excluding hydrogens is 805 g/mol. The Kier molecular flexibility index (Phi) is 64.3. The molecule has 0 aromatic heterocycles. The minimum absolute atomic E-state index is 0. The summed E-state index contributed by atoms with van der Waals surface area (Å²) in [5.41, 5.74) is 0. The third-order valence-electron chi connectivity index (χ3n) is 13.0. The molecule has 0 unspecified atom stereocenters.